The summed E-state index contributed by atoms with van der Waals surface area (Å²) in [7, 11) is -4.47. The molecule has 1 unspecified atom stereocenters. The molecule has 0 spiro atoms. The summed E-state index contributed by atoms with van der Waals surface area (Å²) >= 11 is 0. The number of amidine groups is 2. The van der Waals surface area contributed by atoms with E-state index in [1.807, 2.05) is 24.3 Å². The second kappa shape index (κ2) is 14.1. The van der Waals surface area contributed by atoms with Gasteiger partial charge in [0.1, 0.15) is 23.2 Å². The van der Waals surface area contributed by atoms with E-state index in [1.165, 1.54) is 0 Å². The summed E-state index contributed by atoms with van der Waals surface area (Å²) in [4.78, 5) is 0. The Bertz CT molecular complexity index is 917. The van der Waals surface area contributed by atoms with Crippen LogP contribution in [-0.2, 0) is 14.6 Å². The molecule has 1 atom stereocenters. The number of aliphatic hydroxyl groups is 1. The van der Waals surface area contributed by atoms with Crippen molar-refractivity contribution >= 4 is 22.1 Å². The molecule has 0 saturated heterocycles. The van der Waals surface area contributed by atoms with Crippen molar-refractivity contribution in [2.75, 3.05) is 13.2 Å². The Hall–Kier alpha value is -3.19. The van der Waals surface area contributed by atoms with Crippen molar-refractivity contribution in [1.29, 1.82) is 10.8 Å². The lowest BCUT2D eigenvalue weighted by Crippen LogP contribution is -2.12. The largest absolute Gasteiger partial charge is 0.494 e. The minimum atomic E-state index is -4.47. The Labute approximate surface area is 193 Å². The van der Waals surface area contributed by atoms with Gasteiger partial charge in [0.2, 0.25) is 0 Å². The molecule has 0 fully saturated rings. The van der Waals surface area contributed by atoms with Crippen LogP contribution in [0.1, 0.15) is 37.3 Å². The van der Waals surface area contributed by atoms with E-state index in [4.69, 9.17) is 41.4 Å². The number of benzene rings is 2. The van der Waals surface area contributed by atoms with Gasteiger partial charge in [0.15, 0.2) is 6.29 Å². The average Bonchev–Trinajstić information content (AvgIpc) is 2.72. The Kier molecular flexibility index (Phi) is 11.9. The monoisotopic (exact) mass is 482 g/mol. The van der Waals surface area contributed by atoms with E-state index in [9.17, 15) is 8.42 Å². The quantitative estimate of drug-likeness (QED) is 0.0860. The lowest BCUT2D eigenvalue weighted by molar-refractivity contribution is -0.00302. The predicted octanol–water partition coefficient (Wildman–Crippen LogP) is 2.03. The SMILES string of the molecule is CC(O)OS(=O)(=O)O.N=C(N)c1ccc(OCCCCCOc2ccc(C(=N)N)cc2)cc1. The molecule has 0 aromatic heterocycles. The van der Waals surface area contributed by atoms with Gasteiger partial charge in [-0.25, -0.2) is 4.18 Å². The zero-order chi connectivity index (χ0) is 24.9. The molecule has 0 saturated carbocycles. The van der Waals surface area contributed by atoms with Crippen molar-refractivity contribution in [1.82, 2.24) is 0 Å². The Morgan fingerprint density at radius 1 is 0.848 bits per heavy atom. The third-order valence-corrected chi connectivity index (χ3v) is 4.44. The summed E-state index contributed by atoms with van der Waals surface area (Å²) in [5.74, 6) is 1.68. The highest BCUT2D eigenvalue weighted by Gasteiger charge is 2.07. The molecule has 0 aliphatic rings. The fourth-order valence-electron chi connectivity index (χ4n) is 2.40. The minimum Gasteiger partial charge on any atom is -0.494 e. The van der Waals surface area contributed by atoms with Gasteiger partial charge in [0.05, 0.1) is 13.2 Å². The van der Waals surface area contributed by atoms with Crippen molar-refractivity contribution in [2.45, 2.75) is 32.5 Å². The molecule has 0 aliphatic heterocycles. The zero-order valence-corrected chi connectivity index (χ0v) is 19.0. The average molecular weight is 483 g/mol. The maximum absolute atomic E-state index is 9.62. The van der Waals surface area contributed by atoms with E-state index < -0.39 is 16.7 Å². The summed E-state index contributed by atoms with van der Waals surface area (Å²) in [5.41, 5.74) is 12.2. The normalized spacial score (nSPS) is 11.6. The first kappa shape index (κ1) is 27.8. The lowest BCUT2D eigenvalue weighted by Gasteiger charge is -2.08. The molecular weight excluding hydrogens is 452 g/mol. The van der Waals surface area contributed by atoms with Gasteiger partial charge < -0.3 is 26.0 Å². The number of unbranched alkanes of at least 4 members (excludes halogenated alkanes) is 2. The molecule has 2 aromatic carbocycles. The van der Waals surface area contributed by atoms with E-state index in [0.29, 0.717) is 24.3 Å². The van der Waals surface area contributed by atoms with E-state index in [1.54, 1.807) is 24.3 Å². The molecular formula is C21H30N4O7S. The summed E-state index contributed by atoms with van der Waals surface area (Å²) in [6.07, 6.45) is 1.41. The van der Waals surface area contributed by atoms with Gasteiger partial charge in [0.25, 0.3) is 0 Å². The molecule has 0 heterocycles. The van der Waals surface area contributed by atoms with Crippen LogP contribution in [0.3, 0.4) is 0 Å². The van der Waals surface area contributed by atoms with Gasteiger partial charge in [-0.15, -0.1) is 0 Å². The fourth-order valence-corrected chi connectivity index (χ4v) is 2.75. The number of nitrogens with two attached hydrogens (primary N) is 2. The number of nitrogen functional groups attached to an aromatic ring is 2. The number of nitrogens with one attached hydrogen (secondary N) is 2. The summed E-state index contributed by atoms with van der Waals surface area (Å²) in [6.45, 7) is 2.35. The van der Waals surface area contributed by atoms with Crippen molar-refractivity contribution in [3.63, 3.8) is 0 Å². The summed E-state index contributed by atoms with van der Waals surface area (Å²) in [6, 6.07) is 14.4. The van der Waals surface area contributed by atoms with Crippen molar-refractivity contribution in [3.05, 3.63) is 59.7 Å². The lowest BCUT2D eigenvalue weighted by atomic mass is 10.2. The molecule has 2 aromatic rings. The third kappa shape index (κ3) is 13.1. The first-order valence-electron chi connectivity index (χ1n) is 9.96. The van der Waals surface area contributed by atoms with Crippen LogP contribution in [0.4, 0.5) is 0 Å². The van der Waals surface area contributed by atoms with Crippen LogP contribution >= 0.6 is 0 Å². The minimum absolute atomic E-state index is 0.0579. The van der Waals surface area contributed by atoms with Gasteiger partial charge in [-0.2, -0.15) is 8.42 Å². The molecule has 33 heavy (non-hydrogen) atoms. The first-order valence-corrected chi connectivity index (χ1v) is 11.3. The standard InChI is InChI=1S/C19H24N4O2.C2H6O5S/c20-18(21)14-4-8-16(9-5-14)24-12-2-1-3-13-25-17-10-6-15(7-11-17)19(22)23;1-2(3)7-8(4,5)6/h4-11H,1-3,12-13H2,(H3,20,21)(H3,22,23);2-3H,1H3,(H,4,5,6). The van der Waals surface area contributed by atoms with Gasteiger partial charge >= 0.3 is 10.4 Å². The Morgan fingerprint density at radius 2 is 1.21 bits per heavy atom. The number of aliphatic hydroxyl groups excluding tert-OH is 1. The van der Waals surface area contributed by atoms with Gasteiger partial charge in [-0.1, -0.05) is 0 Å². The number of hydrogen-bond donors (Lipinski definition) is 6. The Balaban J connectivity index is 0.000000582. The van der Waals surface area contributed by atoms with Crippen molar-refractivity contribution in [3.8, 4) is 11.5 Å². The first-order chi connectivity index (χ1) is 15.5. The molecule has 0 amide bonds. The maximum Gasteiger partial charge on any atom is 0.399 e. The second-order valence-corrected chi connectivity index (χ2v) is 7.80. The third-order valence-electron chi connectivity index (χ3n) is 3.92. The number of hydrogen-bond acceptors (Lipinski definition) is 8. The van der Waals surface area contributed by atoms with Crippen molar-refractivity contribution in [2.24, 2.45) is 11.5 Å². The molecule has 8 N–H and O–H groups in total. The molecule has 11 nitrogen and oxygen atoms in total. The molecule has 2 rings (SSSR count). The van der Waals surface area contributed by atoms with Crippen LogP contribution in [0, 0.1) is 10.8 Å². The smallest absolute Gasteiger partial charge is 0.399 e. The zero-order valence-electron chi connectivity index (χ0n) is 18.2. The van der Waals surface area contributed by atoms with Crippen LogP contribution < -0.4 is 20.9 Å². The fraction of sp³-hybridized carbons (Fsp3) is 0.333. The highest BCUT2D eigenvalue weighted by molar-refractivity contribution is 7.80. The molecule has 12 heteroatoms. The molecule has 0 aliphatic carbocycles. The van der Waals surface area contributed by atoms with Gasteiger partial charge in [-0.3, -0.25) is 15.4 Å². The van der Waals surface area contributed by atoms with Crippen LogP contribution in [0.5, 0.6) is 11.5 Å². The van der Waals surface area contributed by atoms with Crippen LogP contribution in [0.15, 0.2) is 48.5 Å². The van der Waals surface area contributed by atoms with Crippen LogP contribution in [0.25, 0.3) is 0 Å². The topological polar surface area (TPSA) is 202 Å². The van der Waals surface area contributed by atoms with E-state index in [-0.39, 0.29) is 11.7 Å². The van der Waals surface area contributed by atoms with E-state index in [2.05, 4.69) is 4.18 Å². The molecule has 0 bridgehead atoms. The van der Waals surface area contributed by atoms with Gasteiger partial charge in [0, 0.05) is 11.1 Å². The highest BCUT2D eigenvalue weighted by atomic mass is 32.3. The predicted molar refractivity (Wildman–Crippen MR) is 124 cm³/mol. The summed E-state index contributed by atoms with van der Waals surface area (Å²) < 4.78 is 41.8. The number of rotatable bonds is 12. The van der Waals surface area contributed by atoms with Crippen LogP contribution in [-0.4, -0.2) is 49.3 Å². The maximum atomic E-state index is 9.62. The second-order valence-electron chi connectivity index (χ2n) is 6.76. The molecule has 182 valence electrons. The van der Waals surface area contributed by atoms with Gasteiger partial charge in [-0.05, 0) is 74.7 Å². The van der Waals surface area contributed by atoms with E-state index >= 15 is 0 Å². The van der Waals surface area contributed by atoms with Crippen molar-refractivity contribution < 1.29 is 31.7 Å². The summed E-state index contributed by atoms with van der Waals surface area (Å²) in [5, 5.41) is 22.8. The van der Waals surface area contributed by atoms with E-state index in [0.717, 1.165) is 37.7 Å². The van der Waals surface area contributed by atoms with Crippen LogP contribution in [0.2, 0.25) is 0 Å². The highest BCUT2D eigenvalue weighted by Crippen LogP contribution is 2.14. The number of ether oxygens (including phenoxy) is 2. The Morgan fingerprint density at radius 3 is 1.45 bits per heavy atom. The molecule has 0 radical (unpaired) electrons.